The zero-order valence-corrected chi connectivity index (χ0v) is 11.4. The van der Waals surface area contributed by atoms with Crippen molar-refractivity contribution < 1.29 is 18.0 Å². The Kier molecular flexibility index (Phi) is 4.04. The van der Waals surface area contributed by atoms with Crippen molar-refractivity contribution >= 4 is 11.6 Å². The van der Waals surface area contributed by atoms with Crippen molar-refractivity contribution in [3.63, 3.8) is 0 Å². The zero-order valence-electron chi connectivity index (χ0n) is 11.4. The number of carbonyl (C=O) groups excluding carboxylic acids is 1. The lowest BCUT2D eigenvalue weighted by Gasteiger charge is -2.38. The molecule has 0 aromatic heterocycles. The van der Waals surface area contributed by atoms with Crippen LogP contribution in [-0.4, -0.2) is 18.5 Å². The Hall–Kier alpha value is -1.56. The van der Waals surface area contributed by atoms with Gasteiger partial charge < -0.3 is 10.6 Å². The SMILES string of the molecule is CC1(C)CCCNC1C(=O)Nc1cc(F)c(F)c(F)c1. The summed E-state index contributed by atoms with van der Waals surface area (Å²) in [6, 6.07) is 1.09. The largest absolute Gasteiger partial charge is 0.325 e. The molecule has 1 saturated heterocycles. The van der Waals surface area contributed by atoms with Gasteiger partial charge in [-0.05, 0) is 24.8 Å². The van der Waals surface area contributed by atoms with E-state index >= 15 is 0 Å². The van der Waals surface area contributed by atoms with Crippen LogP contribution in [0.4, 0.5) is 18.9 Å². The Balaban J connectivity index is 2.15. The van der Waals surface area contributed by atoms with Crippen LogP contribution < -0.4 is 10.6 Å². The monoisotopic (exact) mass is 286 g/mol. The highest BCUT2D eigenvalue weighted by Gasteiger charge is 2.37. The van der Waals surface area contributed by atoms with Gasteiger partial charge in [-0.3, -0.25) is 4.79 Å². The van der Waals surface area contributed by atoms with E-state index in [1.165, 1.54) is 0 Å². The molecule has 1 fully saturated rings. The van der Waals surface area contributed by atoms with Crippen molar-refractivity contribution in [1.82, 2.24) is 5.32 Å². The molecule has 0 bridgehead atoms. The fourth-order valence-electron chi connectivity index (χ4n) is 2.50. The molecular formula is C14H17F3N2O. The summed E-state index contributed by atoms with van der Waals surface area (Å²) in [7, 11) is 0. The number of halogens is 3. The van der Waals surface area contributed by atoms with Crippen molar-refractivity contribution in [3.8, 4) is 0 Å². The third-order valence-corrected chi connectivity index (χ3v) is 3.64. The number of piperidine rings is 1. The maximum atomic E-state index is 13.1. The highest BCUT2D eigenvalue weighted by molar-refractivity contribution is 5.95. The van der Waals surface area contributed by atoms with E-state index in [-0.39, 0.29) is 17.0 Å². The molecule has 6 heteroatoms. The minimum Gasteiger partial charge on any atom is -0.325 e. The summed E-state index contributed by atoms with van der Waals surface area (Å²) in [6.45, 7) is 4.62. The average molecular weight is 286 g/mol. The zero-order chi connectivity index (χ0) is 14.9. The quantitative estimate of drug-likeness (QED) is 0.821. The summed E-state index contributed by atoms with van der Waals surface area (Å²) < 4.78 is 39.1. The van der Waals surface area contributed by atoms with Gasteiger partial charge in [0.25, 0.3) is 0 Å². The molecule has 2 rings (SSSR count). The summed E-state index contributed by atoms with van der Waals surface area (Å²) in [5, 5.41) is 5.52. The molecule has 0 saturated carbocycles. The number of rotatable bonds is 2. The highest BCUT2D eigenvalue weighted by atomic mass is 19.2. The number of hydrogen-bond acceptors (Lipinski definition) is 2. The first-order valence-electron chi connectivity index (χ1n) is 6.50. The Bertz CT molecular complexity index is 508. The molecule has 1 aliphatic rings. The van der Waals surface area contributed by atoms with Crippen molar-refractivity contribution in [1.29, 1.82) is 0 Å². The molecule has 1 unspecified atom stereocenters. The predicted molar refractivity (Wildman–Crippen MR) is 69.8 cm³/mol. The van der Waals surface area contributed by atoms with Gasteiger partial charge >= 0.3 is 0 Å². The van der Waals surface area contributed by atoms with Crippen LogP contribution in [0.15, 0.2) is 12.1 Å². The summed E-state index contributed by atoms with van der Waals surface area (Å²) in [4.78, 5) is 12.2. The number of carbonyl (C=O) groups is 1. The van der Waals surface area contributed by atoms with Gasteiger partial charge in [0.05, 0.1) is 6.04 Å². The van der Waals surface area contributed by atoms with Crippen LogP contribution in [0.25, 0.3) is 0 Å². The predicted octanol–water partition coefficient (Wildman–Crippen LogP) is 2.82. The fourth-order valence-corrected chi connectivity index (χ4v) is 2.50. The molecule has 1 aromatic carbocycles. The molecular weight excluding hydrogens is 269 g/mol. The third-order valence-electron chi connectivity index (χ3n) is 3.64. The summed E-state index contributed by atoms with van der Waals surface area (Å²) >= 11 is 0. The van der Waals surface area contributed by atoms with E-state index in [9.17, 15) is 18.0 Å². The van der Waals surface area contributed by atoms with Crippen molar-refractivity contribution in [2.45, 2.75) is 32.7 Å². The minimum atomic E-state index is -1.54. The average Bonchev–Trinajstić information content (AvgIpc) is 2.35. The lowest BCUT2D eigenvalue weighted by molar-refractivity contribution is -0.121. The fraction of sp³-hybridized carbons (Fsp3) is 0.500. The first-order valence-corrected chi connectivity index (χ1v) is 6.50. The van der Waals surface area contributed by atoms with Gasteiger partial charge in [-0.15, -0.1) is 0 Å². The first kappa shape index (κ1) is 14.8. The molecule has 1 amide bonds. The Morgan fingerprint density at radius 3 is 2.45 bits per heavy atom. The van der Waals surface area contributed by atoms with Crippen LogP contribution >= 0.6 is 0 Å². The molecule has 110 valence electrons. The number of nitrogens with one attached hydrogen (secondary N) is 2. The normalized spacial score (nSPS) is 21.6. The van der Waals surface area contributed by atoms with Crippen molar-refractivity contribution in [2.75, 3.05) is 11.9 Å². The van der Waals surface area contributed by atoms with Gasteiger partial charge in [0.15, 0.2) is 17.5 Å². The third kappa shape index (κ3) is 2.95. The molecule has 0 aliphatic carbocycles. The summed E-state index contributed by atoms with van der Waals surface area (Å²) in [5.74, 6) is -4.56. The molecule has 20 heavy (non-hydrogen) atoms. The lowest BCUT2D eigenvalue weighted by Crippen LogP contribution is -2.53. The van der Waals surface area contributed by atoms with Crippen molar-refractivity contribution in [3.05, 3.63) is 29.6 Å². The molecule has 0 radical (unpaired) electrons. The smallest absolute Gasteiger partial charge is 0.242 e. The summed E-state index contributed by atoms with van der Waals surface area (Å²) in [6.07, 6.45) is 1.85. The molecule has 1 aliphatic heterocycles. The van der Waals surface area contributed by atoms with E-state index in [0.29, 0.717) is 6.54 Å². The van der Waals surface area contributed by atoms with Crippen LogP contribution in [-0.2, 0) is 4.79 Å². The van der Waals surface area contributed by atoms with E-state index in [4.69, 9.17) is 0 Å². The second-order valence-corrected chi connectivity index (χ2v) is 5.72. The van der Waals surface area contributed by atoms with Gasteiger partial charge in [-0.25, -0.2) is 13.2 Å². The van der Waals surface area contributed by atoms with Gasteiger partial charge in [-0.2, -0.15) is 0 Å². The topological polar surface area (TPSA) is 41.1 Å². The summed E-state index contributed by atoms with van der Waals surface area (Å²) in [5.41, 5.74) is -0.339. The number of anilines is 1. The van der Waals surface area contributed by atoms with Gasteiger partial charge in [0, 0.05) is 17.8 Å². The van der Waals surface area contributed by atoms with E-state index in [1.807, 2.05) is 13.8 Å². The Labute approximate surface area is 115 Å². The minimum absolute atomic E-state index is 0.0884. The van der Waals surface area contributed by atoms with Gasteiger partial charge in [0.2, 0.25) is 5.91 Å². The molecule has 3 nitrogen and oxygen atoms in total. The standard InChI is InChI=1S/C14H17F3N2O/c1-14(2)4-3-5-18-12(14)13(20)19-8-6-9(15)11(17)10(16)7-8/h6-7,12,18H,3-5H2,1-2H3,(H,19,20). The Morgan fingerprint density at radius 1 is 1.30 bits per heavy atom. The maximum absolute atomic E-state index is 13.1. The lowest BCUT2D eigenvalue weighted by atomic mass is 9.77. The van der Waals surface area contributed by atoms with Gasteiger partial charge in [0.1, 0.15) is 0 Å². The second-order valence-electron chi connectivity index (χ2n) is 5.72. The number of amides is 1. The van der Waals surface area contributed by atoms with Crippen LogP contribution in [0.2, 0.25) is 0 Å². The van der Waals surface area contributed by atoms with Crippen LogP contribution in [0.5, 0.6) is 0 Å². The van der Waals surface area contributed by atoms with E-state index in [2.05, 4.69) is 10.6 Å². The van der Waals surface area contributed by atoms with Crippen LogP contribution in [0.3, 0.4) is 0 Å². The maximum Gasteiger partial charge on any atom is 0.242 e. The molecule has 1 atom stereocenters. The Morgan fingerprint density at radius 2 is 1.90 bits per heavy atom. The van der Waals surface area contributed by atoms with Crippen molar-refractivity contribution in [2.24, 2.45) is 5.41 Å². The number of hydrogen-bond donors (Lipinski definition) is 2. The van der Waals surface area contributed by atoms with E-state index < -0.39 is 23.5 Å². The van der Waals surface area contributed by atoms with Crippen LogP contribution in [0, 0.1) is 22.9 Å². The second kappa shape index (κ2) is 5.44. The van der Waals surface area contributed by atoms with Crippen LogP contribution in [0.1, 0.15) is 26.7 Å². The molecule has 2 N–H and O–H groups in total. The molecule has 1 aromatic rings. The van der Waals surface area contributed by atoms with E-state index in [0.717, 1.165) is 25.0 Å². The number of benzene rings is 1. The molecule has 0 spiro atoms. The highest BCUT2D eigenvalue weighted by Crippen LogP contribution is 2.31. The van der Waals surface area contributed by atoms with E-state index in [1.54, 1.807) is 0 Å². The molecule has 1 heterocycles. The first-order chi connectivity index (χ1) is 9.31. The van der Waals surface area contributed by atoms with Gasteiger partial charge in [-0.1, -0.05) is 13.8 Å².